The van der Waals surface area contributed by atoms with Crippen LogP contribution in [0.15, 0.2) is 0 Å². The molecular formula is C11H20N2O5. The van der Waals surface area contributed by atoms with E-state index in [9.17, 15) is 9.59 Å². The van der Waals surface area contributed by atoms with E-state index in [1.54, 1.807) is 0 Å². The molecule has 0 aromatic heterocycles. The molecule has 0 spiro atoms. The summed E-state index contributed by atoms with van der Waals surface area (Å²) < 4.78 is 5.23. The molecule has 1 aliphatic heterocycles. The molecule has 1 amide bonds. The number of amides is 1. The molecule has 0 radical (unpaired) electrons. The molecule has 0 bridgehead atoms. The minimum absolute atomic E-state index is 0.000519. The maximum absolute atomic E-state index is 11.9. The van der Waals surface area contributed by atoms with Gasteiger partial charge in [0.25, 0.3) is 0 Å². The summed E-state index contributed by atoms with van der Waals surface area (Å²) in [4.78, 5) is 22.8. The van der Waals surface area contributed by atoms with Crippen molar-refractivity contribution in [2.75, 3.05) is 26.4 Å². The third-order valence-corrected chi connectivity index (χ3v) is 2.92. The Morgan fingerprint density at radius 1 is 1.44 bits per heavy atom. The highest BCUT2D eigenvalue weighted by molar-refractivity contribution is 5.85. The minimum Gasteiger partial charge on any atom is -0.480 e. The second-order valence-corrected chi connectivity index (χ2v) is 4.22. The molecule has 2 unspecified atom stereocenters. The lowest BCUT2D eigenvalue weighted by Crippen LogP contribution is -2.49. The van der Waals surface area contributed by atoms with E-state index in [0.29, 0.717) is 6.61 Å². The van der Waals surface area contributed by atoms with Crippen LogP contribution in [0.4, 0.5) is 0 Å². The lowest BCUT2D eigenvalue weighted by molar-refractivity contribution is -0.143. The number of hydrogen-bond donors (Lipinski definition) is 4. The van der Waals surface area contributed by atoms with Gasteiger partial charge in [0, 0.05) is 19.1 Å². The molecule has 18 heavy (non-hydrogen) atoms. The predicted octanol–water partition coefficient (Wildman–Crippen LogP) is -1.44. The standard InChI is InChI=1S/C11H20N2O5/c1-2-12-9-6-18-5-7(9)10(15)13-8(3-4-14)11(16)17/h7-9,12,14H,2-6H2,1H3,(H,13,15)(H,16,17)/t7?,8-,9?/m1/s1. The van der Waals surface area contributed by atoms with Gasteiger partial charge in [-0.1, -0.05) is 6.92 Å². The molecule has 1 saturated heterocycles. The van der Waals surface area contributed by atoms with Crippen LogP contribution in [0.5, 0.6) is 0 Å². The average Bonchev–Trinajstić information content (AvgIpc) is 2.77. The normalized spacial score (nSPS) is 24.8. The Morgan fingerprint density at radius 3 is 2.72 bits per heavy atom. The van der Waals surface area contributed by atoms with Crippen LogP contribution in [-0.4, -0.2) is 60.5 Å². The van der Waals surface area contributed by atoms with E-state index in [0.717, 1.165) is 6.54 Å². The molecule has 0 saturated carbocycles. The molecule has 1 rings (SSSR count). The second kappa shape index (κ2) is 7.30. The molecular weight excluding hydrogens is 240 g/mol. The fourth-order valence-corrected chi connectivity index (χ4v) is 1.94. The Labute approximate surface area is 106 Å². The first kappa shape index (κ1) is 14.9. The second-order valence-electron chi connectivity index (χ2n) is 4.22. The number of hydrogen-bond acceptors (Lipinski definition) is 5. The van der Waals surface area contributed by atoms with Crippen molar-refractivity contribution in [2.24, 2.45) is 5.92 Å². The van der Waals surface area contributed by atoms with Crippen molar-refractivity contribution in [3.8, 4) is 0 Å². The Balaban J connectivity index is 2.54. The van der Waals surface area contributed by atoms with Gasteiger partial charge in [0.05, 0.1) is 19.1 Å². The van der Waals surface area contributed by atoms with E-state index in [1.807, 2.05) is 6.92 Å². The van der Waals surface area contributed by atoms with Gasteiger partial charge in [-0.05, 0) is 6.54 Å². The zero-order valence-electron chi connectivity index (χ0n) is 10.4. The molecule has 0 aromatic carbocycles. The van der Waals surface area contributed by atoms with Gasteiger partial charge in [-0.25, -0.2) is 4.79 Å². The SMILES string of the molecule is CCNC1COCC1C(=O)N[C@H](CCO)C(=O)O. The van der Waals surface area contributed by atoms with Crippen LogP contribution >= 0.6 is 0 Å². The number of nitrogens with one attached hydrogen (secondary N) is 2. The van der Waals surface area contributed by atoms with E-state index in [2.05, 4.69) is 10.6 Å². The highest BCUT2D eigenvalue weighted by atomic mass is 16.5. The molecule has 0 aromatic rings. The van der Waals surface area contributed by atoms with Crippen molar-refractivity contribution < 1.29 is 24.5 Å². The lowest BCUT2D eigenvalue weighted by Gasteiger charge is -2.20. The zero-order chi connectivity index (χ0) is 13.5. The summed E-state index contributed by atoms with van der Waals surface area (Å²) in [5.74, 6) is -1.87. The van der Waals surface area contributed by atoms with Crippen molar-refractivity contribution in [3.05, 3.63) is 0 Å². The lowest BCUT2D eigenvalue weighted by atomic mass is 10.0. The molecule has 1 aliphatic rings. The average molecular weight is 260 g/mol. The Bertz CT molecular complexity index is 297. The fraction of sp³-hybridized carbons (Fsp3) is 0.818. The number of ether oxygens (including phenoxy) is 1. The molecule has 104 valence electrons. The molecule has 1 heterocycles. The quantitative estimate of drug-likeness (QED) is 0.446. The number of carbonyl (C=O) groups is 2. The number of aliphatic hydroxyl groups excluding tert-OH is 1. The van der Waals surface area contributed by atoms with E-state index in [4.69, 9.17) is 14.9 Å². The topological polar surface area (TPSA) is 108 Å². The first-order chi connectivity index (χ1) is 8.60. The van der Waals surface area contributed by atoms with Crippen molar-refractivity contribution in [1.29, 1.82) is 0 Å². The summed E-state index contributed by atoms with van der Waals surface area (Å²) in [6.07, 6.45) is 0.000519. The van der Waals surface area contributed by atoms with Crippen LogP contribution in [0.3, 0.4) is 0 Å². The Kier molecular flexibility index (Phi) is 6.03. The van der Waals surface area contributed by atoms with Crippen LogP contribution < -0.4 is 10.6 Å². The number of aliphatic hydroxyl groups is 1. The van der Waals surface area contributed by atoms with Gasteiger partial charge in [-0.15, -0.1) is 0 Å². The van der Waals surface area contributed by atoms with Crippen molar-refractivity contribution in [2.45, 2.75) is 25.4 Å². The van der Waals surface area contributed by atoms with Crippen molar-refractivity contribution in [3.63, 3.8) is 0 Å². The summed E-state index contributed by atoms with van der Waals surface area (Å²) in [5.41, 5.74) is 0. The molecule has 3 atom stereocenters. The highest BCUT2D eigenvalue weighted by Crippen LogP contribution is 2.14. The number of carboxylic acid groups (broad SMARTS) is 1. The van der Waals surface area contributed by atoms with Gasteiger partial charge in [0.1, 0.15) is 6.04 Å². The first-order valence-corrected chi connectivity index (χ1v) is 6.05. The van der Waals surface area contributed by atoms with Crippen LogP contribution in [0.1, 0.15) is 13.3 Å². The first-order valence-electron chi connectivity index (χ1n) is 6.05. The zero-order valence-corrected chi connectivity index (χ0v) is 10.4. The van der Waals surface area contributed by atoms with Gasteiger partial charge >= 0.3 is 5.97 Å². The number of rotatable bonds is 7. The van der Waals surface area contributed by atoms with Gasteiger partial charge < -0.3 is 25.6 Å². The van der Waals surface area contributed by atoms with Gasteiger partial charge in [0.15, 0.2) is 0 Å². The van der Waals surface area contributed by atoms with E-state index in [-0.39, 0.29) is 37.5 Å². The summed E-state index contributed by atoms with van der Waals surface area (Å²) in [7, 11) is 0. The highest BCUT2D eigenvalue weighted by Gasteiger charge is 2.35. The van der Waals surface area contributed by atoms with Crippen LogP contribution in [0.2, 0.25) is 0 Å². The number of aliphatic carboxylic acids is 1. The van der Waals surface area contributed by atoms with E-state index in [1.165, 1.54) is 0 Å². The monoisotopic (exact) mass is 260 g/mol. The Morgan fingerprint density at radius 2 is 2.17 bits per heavy atom. The van der Waals surface area contributed by atoms with E-state index < -0.39 is 12.0 Å². The Hall–Kier alpha value is -1.18. The van der Waals surface area contributed by atoms with Crippen LogP contribution in [0, 0.1) is 5.92 Å². The third kappa shape index (κ3) is 3.94. The summed E-state index contributed by atoms with van der Waals surface area (Å²) >= 11 is 0. The number of likely N-dealkylation sites (N-methyl/N-ethyl adjacent to an activating group) is 1. The molecule has 7 heteroatoms. The van der Waals surface area contributed by atoms with Crippen molar-refractivity contribution >= 4 is 11.9 Å². The van der Waals surface area contributed by atoms with Crippen LogP contribution in [0.25, 0.3) is 0 Å². The maximum atomic E-state index is 11.9. The van der Waals surface area contributed by atoms with Crippen LogP contribution in [-0.2, 0) is 14.3 Å². The smallest absolute Gasteiger partial charge is 0.326 e. The third-order valence-electron chi connectivity index (χ3n) is 2.92. The fourth-order valence-electron chi connectivity index (χ4n) is 1.94. The van der Waals surface area contributed by atoms with Crippen molar-refractivity contribution in [1.82, 2.24) is 10.6 Å². The molecule has 7 nitrogen and oxygen atoms in total. The molecule has 1 fully saturated rings. The van der Waals surface area contributed by atoms with Gasteiger partial charge in [0.2, 0.25) is 5.91 Å². The van der Waals surface area contributed by atoms with Gasteiger partial charge in [-0.3, -0.25) is 4.79 Å². The summed E-state index contributed by atoms with van der Waals surface area (Å²) in [6.45, 7) is 3.10. The molecule has 0 aliphatic carbocycles. The van der Waals surface area contributed by atoms with Gasteiger partial charge in [-0.2, -0.15) is 0 Å². The number of carbonyl (C=O) groups excluding carboxylic acids is 1. The number of carboxylic acids is 1. The summed E-state index contributed by atoms with van der Waals surface area (Å²) in [5, 5.41) is 23.2. The largest absolute Gasteiger partial charge is 0.480 e. The van der Waals surface area contributed by atoms with E-state index >= 15 is 0 Å². The predicted molar refractivity (Wildman–Crippen MR) is 63.0 cm³/mol. The molecule has 4 N–H and O–H groups in total. The minimum atomic E-state index is -1.14. The maximum Gasteiger partial charge on any atom is 0.326 e. The summed E-state index contributed by atoms with van der Waals surface area (Å²) in [6, 6.07) is -1.14.